The summed E-state index contributed by atoms with van der Waals surface area (Å²) in [5.74, 6) is 1.39. The van der Waals surface area contributed by atoms with Gasteiger partial charge in [0.25, 0.3) is 0 Å². The van der Waals surface area contributed by atoms with E-state index in [1.165, 1.54) is 4.88 Å². The van der Waals surface area contributed by atoms with Crippen molar-refractivity contribution < 1.29 is 14.3 Å². The molecule has 2 aromatic rings. The largest absolute Gasteiger partial charge is 0.486 e. The Morgan fingerprint density at radius 2 is 2.09 bits per heavy atom. The number of thiophene rings is 1. The highest BCUT2D eigenvalue weighted by atomic mass is 32.1. The average Bonchev–Trinajstić information content (AvgIpc) is 3.06. The van der Waals surface area contributed by atoms with Gasteiger partial charge in [-0.05, 0) is 41.6 Å². The van der Waals surface area contributed by atoms with E-state index in [1.54, 1.807) is 23.5 Å². The smallest absolute Gasteiger partial charge is 0.244 e. The zero-order chi connectivity index (χ0) is 15.2. The van der Waals surface area contributed by atoms with Gasteiger partial charge in [-0.1, -0.05) is 12.1 Å². The van der Waals surface area contributed by atoms with Crippen molar-refractivity contribution in [2.24, 2.45) is 0 Å². The van der Waals surface area contributed by atoms with Gasteiger partial charge in [-0.2, -0.15) is 0 Å². The molecule has 2 heterocycles. The van der Waals surface area contributed by atoms with Gasteiger partial charge in [0.05, 0.1) is 0 Å². The molecule has 0 aliphatic carbocycles. The Morgan fingerprint density at radius 3 is 2.91 bits per heavy atom. The summed E-state index contributed by atoms with van der Waals surface area (Å²) < 4.78 is 11.0. The molecule has 0 atom stereocenters. The molecular formula is C17H17NO3S. The third-order valence-electron chi connectivity index (χ3n) is 3.24. The lowest BCUT2D eigenvalue weighted by Gasteiger charge is -2.18. The van der Waals surface area contributed by atoms with Gasteiger partial charge in [-0.25, -0.2) is 0 Å². The van der Waals surface area contributed by atoms with Crippen molar-refractivity contribution in [1.82, 2.24) is 5.32 Å². The van der Waals surface area contributed by atoms with Crippen LogP contribution in [0.4, 0.5) is 0 Å². The summed E-state index contributed by atoms with van der Waals surface area (Å²) >= 11 is 1.70. The average molecular weight is 315 g/mol. The van der Waals surface area contributed by atoms with Crippen molar-refractivity contribution in [1.29, 1.82) is 0 Å². The topological polar surface area (TPSA) is 47.6 Å². The first-order chi connectivity index (χ1) is 10.8. The van der Waals surface area contributed by atoms with Crippen molar-refractivity contribution in [2.45, 2.75) is 6.42 Å². The lowest BCUT2D eigenvalue weighted by molar-refractivity contribution is -0.116. The number of hydrogen-bond donors (Lipinski definition) is 1. The first-order valence-electron chi connectivity index (χ1n) is 7.19. The molecule has 1 aromatic carbocycles. The van der Waals surface area contributed by atoms with Crippen LogP contribution in [0.25, 0.3) is 6.08 Å². The number of fused-ring (bicyclic) bond motifs is 1. The second-order valence-corrected chi connectivity index (χ2v) is 5.89. The van der Waals surface area contributed by atoms with E-state index in [-0.39, 0.29) is 5.91 Å². The van der Waals surface area contributed by atoms with Crippen LogP contribution in [-0.4, -0.2) is 25.7 Å². The van der Waals surface area contributed by atoms with Gasteiger partial charge in [-0.15, -0.1) is 11.3 Å². The molecule has 1 amide bonds. The molecule has 0 saturated heterocycles. The molecule has 0 saturated carbocycles. The molecule has 1 aliphatic rings. The highest BCUT2D eigenvalue weighted by Crippen LogP contribution is 2.31. The summed E-state index contributed by atoms with van der Waals surface area (Å²) in [6.45, 7) is 1.78. The first-order valence-corrected chi connectivity index (χ1v) is 8.07. The SMILES string of the molecule is O=C(/C=C/c1ccc2c(c1)OCCO2)NCCc1cccs1. The molecular weight excluding hydrogens is 298 g/mol. The fraction of sp³-hybridized carbons (Fsp3) is 0.235. The van der Waals surface area contributed by atoms with E-state index in [1.807, 2.05) is 29.6 Å². The predicted octanol–water partition coefficient (Wildman–Crippen LogP) is 2.89. The summed E-state index contributed by atoms with van der Waals surface area (Å²) in [5.41, 5.74) is 0.914. The number of amides is 1. The summed E-state index contributed by atoms with van der Waals surface area (Å²) in [4.78, 5) is 13.1. The summed E-state index contributed by atoms with van der Waals surface area (Å²) in [6.07, 6.45) is 4.18. The standard InChI is InChI=1S/C17H17NO3S/c19-17(18-8-7-14-2-1-11-22-14)6-4-13-3-5-15-16(12-13)21-10-9-20-15/h1-6,11-12H,7-10H2,(H,18,19)/b6-4+. The molecule has 0 unspecified atom stereocenters. The van der Waals surface area contributed by atoms with Gasteiger partial charge in [-0.3, -0.25) is 4.79 Å². The number of carbonyl (C=O) groups excluding carboxylic acids is 1. The molecule has 114 valence electrons. The van der Waals surface area contributed by atoms with Crippen molar-refractivity contribution in [3.8, 4) is 11.5 Å². The number of ether oxygens (including phenoxy) is 2. The van der Waals surface area contributed by atoms with Crippen LogP contribution in [0.2, 0.25) is 0 Å². The van der Waals surface area contributed by atoms with E-state index in [9.17, 15) is 4.79 Å². The van der Waals surface area contributed by atoms with Gasteiger partial charge in [0.2, 0.25) is 5.91 Å². The Kier molecular flexibility index (Phi) is 4.75. The number of carbonyl (C=O) groups is 1. The van der Waals surface area contributed by atoms with Crippen molar-refractivity contribution in [3.63, 3.8) is 0 Å². The Bertz CT molecular complexity index is 665. The van der Waals surface area contributed by atoms with E-state index >= 15 is 0 Å². The zero-order valence-electron chi connectivity index (χ0n) is 12.1. The Hall–Kier alpha value is -2.27. The molecule has 0 spiro atoms. The highest BCUT2D eigenvalue weighted by molar-refractivity contribution is 7.09. The van der Waals surface area contributed by atoms with E-state index in [2.05, 4.69) is 11.4 Å². The summed E-state index contributed by atoms with van der Waals surface area (Å²) in [6, 6.07) is 9.74. The summed E-state index contributed by atoms with van der Waals surface area (Å²) in [5, 5.41) is 4.92. The zero-order valence-corrected chi connectivity index (χ0v) is 12.9. The van der Waals surface area contributed by atoms with Crippen LogP contribution in [0.1, 0.15) is 10.4 Å². The Labute approximate surface area is 133 Å². The monoisotopic (exact) mass is 315 g/mol. The van der Waals surface area contributed by atoms with Gasteiger partial charge < -0.3 is 14.8 Å². The van der Waals surface area contributed by atoms with Crippen LogP contribution < -0.4 is 14.8 Å². The van der Waals surface area contributed by atoms with E-state index in [4.69, 9.17) is 9.47 Å². The van der Waals surface area contributed by atoms with Gasteiger partial charge in [0.1, 0.15) is 13.2 Å². The minimum Gasteiger partial charge on any atom is -0.486 e. The maximum atomic E-state index is 11.8. The molecule has 3 rings (SSSR count). The quantitative estimate of drug-likeness (QED) is 0.863. The van der Waals surface area contributed by atoms with Gasteiger partial charge in [0, 0.05) is 17.5 Å². The second-order valence-electron chi connectivity index (χ2n) is 4.86. The number of rotatable bonds is 5. The second kappa shape index (κ2) is 7.13. The maximum Gasteiger partial charge on any atom is 0.244 e. The van der Waals surface area contributed by atoms with E-state index in [0.717, 1.165) is 23.5 Å². The molecule has 4 nitrogen and oxygen atoms in total. The van der Waals surface area contributed by atoms with Crippen LogP contribution >= 0.6 is 11.3 Å². The molecule has 0 radical (unpaired) electrons. The predicted molar refractivity (Wildman–Crippen MR) is 87.5 cm³/mol. The fourth-order valence-corrected chi connectivity index (χ4v) is 2.87. The van der Waals surface area contributed by atoms with Crippen molar-refractivity contribution in [3.05, 3.63) is 52.2 Å². The van der Waals surface area contributed by atoms with Crippen molar-refractivity contribution in [2.75, 3.05) is 19.8 Å². The van der Waals surface area contributed by atoms with Crippen LogP contribution in [0.3, 0.4) is 0 Å². The third kappa shape index (κ3) is 3.89. The third-order valence-corrected chi connectivity index (χ3v) is 4.18. The molecule has 0 fully saturated rings. The van der Waals surface area contributed by atoms with E-state index < -0.39 is 0 Å². The molecule has 1 aliphatic heterocycles. The van der Waals surface area contributed by atoms with Gasteiger partial charge >= 0.3 is 0 Å². The first kappa shape index (κ1) is 14.7. The lowest BCUT2D eigenvalue weighted by Crippen LogP contribution is -2.23. The number of benzene rings is 1. The molecule has 5 heteroatoms. The molecule has 1 N–H and O–H groups in total. The highest BCUT2D eigenvalue weighted by Gasteiger charge is 2.10. The minimum atomic E-state index is -0.0913. The van der Waals surface area contributed by atoms with Crippen LogP contribution in [0.5, 0.6) is 11.5 Å². The number of nitrogens with one attached hydrogen (secondary N) is 1. The van der Waals surface area contributed by atoms with Crippen molar-refractivity contribution >= 4 is 23.3 Å². The van der Waals surface area contributed by atoms with Crippen LogP contribution in [-0.2, 0) is 11.2 Å². The Morgan fingerprint density at radius 1 is 1.23 bits per heavy atom. The molecule has 0 bridgehead atoms. The number of hydrogen-bond acceptors (Lipinski definition) is 4. The van der Waals surface area contributed by atoms with Gasteiger partial charge in [0.15, 0.2) is 11.5 Å². The normalized spacial score (nSPS) is 13.3. The molecule has 22 heavy (non-hydrogen) atoms. The summed E-state index contributed by atoms with van der Waals surface area (Å²) in [7, 11) is 0. The maximum absolute atomic E-state index is 11.8. The van der Waals surface area contributed by atoms with Crippen LogP contribution in [0, 0.1) is 0 Å². The van der Waals surface area contributed by atoms with Crippen LogP contribution in [0.15, 0.2) is 41.8 Å². The molecule has 1 aromatic heterocycles. The minimum absolute atomic E-state index is 0.0913. The van der Waals surface area contributed by atoms with E-state index in [0.29, 0.717) is 19.8 Å². The fourth-order valence-electron chi connectivity index (χ4n) is 2.16. The lowest BCUT2D eigenvalue weighted by atomic mass is 10.2. The Balaban J connectivity index is 1.51.